The molecule has 2 rings (SSSR count). The Balaban J connectivity index is 3.05. The molecule has 4 heteroatoms. The van der Waals surface area contributed by atoms with Crippen LogP contribution < -0.4 is 5.43 Å². The molecule has 0 aliphatic rings. The molecule has 0 radical (unpaired) electrons. The fraction of sp³-hybridized carbons (Fsp3) is 0. The average molecular weight is 162 g/mol. The van der Waals surface area contributed by atoms with Gasteiger partial charge in [0, 0.05) is 18.5 Å². The molecule has 0 bridgehead atoms. The summed E-state index contributed by atoms with van der Waals surface area (Å²) in [4.78, 5) is 15.0. The summed E-state index contributed by atoms with van der Waals surface area (Å²) >= 11 is 0. The third-order valence-corrected chi connectivity index (χ3v) is 1.64. The number of aromatic nitrogens is 2. The van der Waals surface area contributed by atoms with E-state index in [1.165, 1.54) is 18.5 Å². The van der Waals surface area contributed by atoms with Crippen LogP contribution in [0.3, 0.4) is 0 Å². The van der Waals surface area contributed by atoms with Gasteiger partial charge >= 0.3 is 0 Å². The summed E-state index contributed by atoms with van der Waals surface area (Å²) in [5, 5.41) is 9.63. The number of fused-ring (bicyclic) bond motifs is 1. The molecule has 2 aromatic rings. The lowest BCUT2D eigenvalue weighted by atomic mass is 10.3. The van der Waals surface area contributed by atoms with Crippen molar-refractivity contribution in [2.75, 3.05) is 0 Å². The quantitative estimate of drug-likeness (QED) is 0.578. The first-order valence-corrected chi connectivity index (χ1v) is 3.45. The molecular weight excluding hydrogens is 156 g/mol. The summed E-state index contributed by atoms with van der Waals surface area (Å²) < 4.78 is 0.830. The Bertz CT molecular complexity index is 476. The van der Waals surface area contributed by atoms with Crippen LogP contribution in [0.15, 0.2) is 35.4 Å². The zero-order valence-electron chi connectivity index (χ0n) is 6.14. The number of pyridine rings is 2. The highest BCUT2D eigenvalue weighted by molar-refractivity contribution is 5.73. The molecule has 60 valence electrons. The summed E-state index contributed by atoms with van der Waals surface area (Å²) in [7, 11) is 0. The highest BCUT2D eigenvalue weighted by atomic mass is 16.5. The van der Waals surface area contributed by atoms with Gasteiger partial charge in [-0.3, -0.25) is 4.79 Å². The van der Waals surface area contributed by atoms with Crippen molar-refractivity contribution in [3.63, 3.8) is 0 Å². The molecule has 4 nitrogen and oxygen atoms in total. The first-order valence-electron chi connectivity index (χ1n) is 3.45. The minimum absolute atomic E-state index is 0.136. The maximum Gasteiger partial charge on any atom is 0.191 e. The molecule has 1 N–H and O–H groups in total. The molecule has 2 aromatic heterocycles. The van der Waals surface area contributed by atoms with Gasteiger partial charge in [-0.2, -0.15) is 4.73 Å². The van der Waals surface area contributed by atoms with E-state index in [1.54, 1.807) is 12.1 Å². The van der Waals surface area contributed by atoms with E-state index in [0.717, 1.165) is 4.73 Å². The van der Waals surface area contributed by atoms with E-state index < -0.39 is 0 Å². The number of hydrogen-bond donors (Lipinski definition) is 1. The molecule has 0 unspecified atom stereocenters. The zero-order valence-corrected chi connectivity index (χ0v) is 6.14. The Kier molecular flexibility index (Phi) is 1.33. The molecular formula is C8H6N2O2. The summed E-state index contributed by atoms with van der Waals surface area (Å²) in [5.74, 6) is 0. The van der Waals surface area contributed by atoms with E-state index >= 15 is 0 Å². The Hall–Kier alpha value is -1.84. The topological polar surface area (TPSA) is 55.1 Å². The van der Waals surface area contributed by atoms with E-state index in [-0.39, 0.29) is 11.1 Å². The van der Waals surface area contributed by atoms with Gasteiger partial charge in [-0.15, -0.1) is 0 Å². The maximum absolute atomic E-state index is 11.2. The third kappa shape index (κ3) is 0.852. The van der Waals surface area contributed by atoms with Crippen molar-refractivity contribution in [3.05, 3.63) is 40.8 Å². The van der Waals surface area contributed by atoms with Crippen LogP contribution >= 0.6 is 0 Å². The first kappa shape index (κ1) is 6.84. The number of hydrogen-bond acceptors (Lipinski definition) is 3. The Morgan fingerprint density at radius 1 is 1.42 bits per heavy atom. The SMILES string of the molecule is O=c1ccn(O)c2ncccc12. The van der Waals surface area contributed by atoms with Crippen molar-refractivity contribution in [1.82, 2.24) is 9.71 Å². The van der Waals surface area contributed by atoms with Crippen LogP contribution in [0, 0.1) is 0 Å². The zero-order chi connectivity index (χ0) is 8.55. The van der Waals surface area contributed by atoms with Gasteiger partial charge in [0.05, 0.1) is 5.39 Å². The minimum Gasteiger partial charge on any atom is -0.427 e. The predicted molar refractivity (Wildman–Crippen MR) is 43.2 cm³/mol. The van der Waals surface area contributed by atoms with Gasteiger partial charge in [0.2, 0.25) is 0 Å². The summed E-state index contributed by atoms with van der Waals surface area (Å²) in [6.07, 6.45) is 2.80. The van der Waals surface area contributed by atoms with E-state index in [0.29, 0.717) is 5.39 Å². The first-order chi connectivity index (χ1) is 5.79. The second-order valence-corrected chi connectivity index (χ2v) is 2.40. The van der Waals surface area contributed by atoms with Crippen LogP contribution in [0.25, 0.3) is 11.0 Å². The van der Waals surface area contributed by atoms with Crippen LogP contribution in [-0.2, 0) is 0 Å². The van der Waals surface area contributed by atoms with Crippen LogP contribution in [0.5, 0.6) is 0 Å². The normalized spacial score (nSPS) is 10.3. The predicted octanol–water partition coefficient (Wildman–Crippen LogP) is 0.634. The molecule has 0 aliphatic heterocycles. The molecule has 0 atom stereocenters. The van der Waals surface area contributed by atoms with Gasteiger partial charge in [-0.05, 0) is 12.1 Å². The van der Waals surface area contributed by atoms with Gasteiger partial charge in [0.15, 0.2) is 11.1 Å². The monoisotopic (exact) mass is 162 g/mol. The molecule has 0 saturated carbocycles. The van der Waals surface area contributed by atoms with Gasteiger partial charge in [0.25, 0.3) is 0 Å². The van der Waals surface area contributed by atoms with Crippen LogP contribution in [0.4, 0.5) is 0 Å². The Labute approximate surface area is 67.7 Å². The molecule has 0 spiro atoms. The Morgan fingerprint density at radius 2 is 2.25 bits per heavy atom. The van der Waals surface area contributed by atoms with Crippen molar-refractivity contribution in [3.8, 4) is 0 Å². The smallest absolute Gasteiger partial charge is 0.191 e. The second kappa shape index (κ2) is 2.34. The molecule has 0 saturated heterocycles. The van der Waals surface area contributed by atoms with Gasteiger partial charge in [-0.1, -0.05) is 0 Å². The average Bonchev–Trinajstić information content (AvgIpc) is 2.12. The lowest BCUT2D eigenvalue weighted by Crippen LogP contribution is -2.06. The van der Waals surface area contributed by atoms with Crippen molar-refractivity contribution in [2.24, 2.45) is 0 Å². The molecule has 2 heterocycles. The standard InChI is InChI=1S/C8H6N2O2/c11-7-3-5-10(12)8-6(7)2-1-4-9-8/h1-5,12H. The summed E-state index contributed by atoms with van der Waals surface area (Å²) in [6, 6.07) is 4.57. The van der Waals surface area contributed by atoms with Crippen LogP contribution in [0.2, 0.25) is 0 Å². The van der Waals surface area contributed by atoms with E-state index in [2.05, 4.69) is 4.98 Å². The summed E-state index contributed by atoms with van der Waals surface area (Å²) in [5.41, 5.74) is 0.147. The molecule has 12 heavy (non-hydrogen) atoms. The van der Waals surface area contributed by atoms with E-state index in [1.807, 2.05) is 0 Å². The van der Waals surface area contributed by atoms with E-state index in [9.17, 15) is 10.0 Å². The lowest BCUT2D eigenvalue weighted by molar-refractivity contribution is 0.196. The highest BCUT2D eigenvalue weighted by Gasteiger charge is 1.99. The summed E-state index contributed by atoms with van der Waals surface area (Å²) in [6.45, 7) is 0. The van der Waals surface area contributed by atoms with Gasteiger partial charge < -0.3 is 5.21 Å². The highest BCUT2D eigenvalue weighted by Crippen LogP contribution is 2.02. The molecule has 0 fully saturated rings. The van der Waals surface area contributed by atoms with Crippen molar-refractivity contribution >= 4 is 11.0 Å². The lowest BCUT2D eigenvalue weighted by Gasteiger charge is -1.99. The van der Waals surface area contributed by atoms with Crippen molar-refractivity contribution in [2.45, 2.75) is 0 Å². The number of nitrogens with zero attached hydrogens (tertiary/aromatic N) is 2. The van der Waals surface area contributed by atoms with Crippen LogP contribution in [0.1, 0.15) is 0 Å². The van der Waals surface area contributed by atoms with Crippen molar-refractivity contribution < 1.29 is 5.21 Å². The third-order valence-electron chi connectivity index (χ3n) is 1.64. The molecule has 0 aliphatic carbocycles. The number of rotatable bonds is 0. The van der Waals surface area contributed by atoms with E-state index in [4.69, 9.17) is 0 Å². The Morgan fingerprint density at radius 3 is 3.00 bits per heavy atom. The van der Waals surface area contributed by atoms with Crippen molar-refractivity contribution in [1.29, 1.82) is 0 Å². The van der Waals surface area contributed by atoms with Gasteiger partial charge in [0.1, 0.15) is 0 Å². The fourth-order valence-electron chi connectivity index (χ4n) is 1.07. The maximum atomic E-state index is 11.2. The van der Waals surface area contributed by atoms with Gasteiger partial charge in [-0.25, -0.2) is 4.98 Å². The largest absolute Gasteiger partial charge is 0.427 e. The minimum atomic E-state index is -0.136. The fourth-order valence-corrected chi connectivity index (χ4v) is 1.07. The van der Waals surface area contributed by atoms with Crippen LogP contribution in [-0.4, -0.2) is 14.9 Å². The second-order valence-electron chi connectivity index (χ2n) is 2.40. The molecule has 0 amide bonds. The molecule has 0 aromatic carbocycles.